The van der Waals surface area contributed by atoms with Gasteiger partial charge in [-0.25, -0.2) is 9.37 Å². The van der Waals surface area contributed by atoms with Gasteiger partial charge >= 0.3 is 0 Å². The Morgan fingerprint density at radius 3 is 2.63 bits per heavy atom. The van der Waals surface area contributed by atoms with Crippen LogP contribution in [-0.2, 0) is 6.54 Å². The summed E-state index contributed by atoms with van der Waals surface area (Å²) in [6.45, 7) is 4.05. The van der Waals surface area contributed by atoms with Gasteiger partial charge in [0.15, 0.2) is 6.23 Å². The molecule has 7 heteroatoms. The summed E-state index contributed by atoms with van der Waals surface area (Å²) in [6, 6.07) is 15.9. The number of aromatic nitrogens is 3. The van der Waals surface area contributed by atoms with E-state index in [2.05, 4.69) is 15.4 Å². The number of pyridine rings is 1. The van der Waals surface area contributed by atoms with Crippen molar-refractivity contribution in [2.45, 2.75) is 26.6 Å². The predicted octanol–water partition coefficient (Wildman–Crippen LogP) is 4.35. The molecule has 1 atom stereocenters. The average molecular weight is 406 g/mol. The Balaban J connectivity index is 1.66. The summed E-state index contributed by atoms with van der Waals surface area (Å²) in [6.07, 6.45) is -1.00. The van der Waals surface area contributed by atoms with Crippen LogP contribution in [0.5, 0.6) is 5.88 Å². The minimum atomic E-state index is -1.00. The molecular formula is C23H23FN4O2. The van der Waals surface area contributed by atoms with Gasteiger partial charge in [0.05, 0.1) is 36.2 Å². The fourth-order valence-corrected chi connectivity index (χ4v) is 3.57. The number of anilines is 1. The van der Waals surface area contributed by atoms with Crippen LogP contribution >= 0.6 is 0 Å². The summed E-state index contributed by atoms with van der Waals surface area (Å²) in [5, 5.41) is 19.5. The highest BCUT2D eigenvalue weighted by atomic mass is 19.1. The normalized spacial score (nSPS) is 12.2. The average Bonchev–Trinajstić information content (AvgIpc) is 3.01. The van der Waals surface area contributed by atoms with E-state index in [4.69, 9.17) is 4.74 Å². The molecule has 0 fully saturated rings. The maximum Gasteiger partial charge on any atom is 0.213 e. The number of methoxy groups -OCH3 is 1. The molecule has 0 spiro atoms. The van der Waals surface area contributed by atoms with Crippen molar-refractivity contribution in [1.29, 1.82) is 0 Å². The second kappa shape index (κ2) is 8.12. The number of benzene rings is 2. The van der Waals surface area contributed by atoms with Crippen molar-refractivity contribution in [3.8, 4) is 5.88 Å². The molecule has 0 aliphatic carbocycles. The van der Waals surface area contributed by atoms with Crippen molar-refractivity contribution in [2.24, 2.45) is 0 Å². The van der Waals surface area contributed by atoms with Crippen molar-refractivity contribution in [2.75, 3.05) is 12.4 Å². The number of para-hydroxylation sites is 1. The highest BCUT2D eigenvalue weighted by Gasteiger charge is 2.19. The molecule has 0 radical (unpaired) electrons. The van der Waals surface area contributed by atoms with Crippen LogP contribution in [0, 0.1) is 19.7 Å². The van der Waals surface area contributed by atoms with E-state index in [0.29, 0.717) is 34.9 Å². The number of aryl methyl sites for hydroxylation is 1. The maximum atomic E-state index is 14.1. The molecule has 2 N–H and O–H groups in total. The SMILES string of the molecule is COc1cc(C(O)Nc2c(C)nn(Cc3ccccc3F)c2C)c2ccccc2n1. The third-order valence-electron chi connectivity index (χ3n) is 5.17. The Hall–Kier alpha value is -3.45. The van der Waals surface area contributed by atoms with Crippen molar-refractivity contribution in [3.63, 3.8) is 0 Å². The van der Waals surface area contributed by atoms with Gasteiger partial charge in [-0.3, -0.25) is 4.68 Å². The number of nitrogens with zero attached hydrogens (tertiary/aromatic N) is 3. The summed E-state index contributed by atoms with van der Waals surface area (Å²) in [4.78, 5) is 4.43. The Morgan fingerprint density at radius 2 is 1.87 bits per heavy atom. The van der Waals surface area contributed by atoms with Crippen LogP contribution in [0.2, 0.25) is 0 Å². The lowest BCUT2D eigenvalue weighted by atomic mass is 10.1. The van der Waals surface area contributed by atoms with E-state index in [9.17, 15) is 9.50 Å². The van der Waals surface area contributed by atoms with Crippen LogP contribution in [0.1, 0.15) is 28.7 Å². The van der Waals surface area contributed by atoms with Gasteiger partial charge in [-0.1, -0.05) is 36.4 Å². The van der Waals surface area contributed by atoms with Crippen molar-refractivity contribution in [3.05, 3.63) is 82.9 Å². The zero-order valence-corrected chi connectivity index (χ0v) is 17.1. The van der Waals surface area contributed by atoms with Gasteiger partial charge in [0, 0.05) is 22.6 Å². The van der Waals surface area contributed by atoms with Crippen LogP contribution in [0.15, 0.2) is 54.6 Å². The molecule has 6 nitrogen and oxygen atoms in total. The fourth-order valence-electron chi connectivity index (χ4n) is 3.57. The number of hydrogen-bond donors (Lipinski definition) is 2. The Labute approximate surface area is 174 Å². The number of hydrogen-bond acceptors (Lipinski definition) is 5. The predicted molar refractivity (Wildman–Crippen MR) is 114 cm³/mol. The lowest BCUT2D eigenvalue weighted by Crippen LogP contribution is -2.12. The minimum absolute atomic E-state index is 0.269. The number of aliphatic hydroxyl groups is 1. The number of aliphatic hydroxyl groups excluding tert-OH is 1. The summed E-state index contributed by atoms with van der Waals surface area (Å²) >= 11 is 0. The molecule has 4 aromatic rings. The Morgan fingerprint density at radius 1 is 1.13 bits per heavy atom. The van der Waals surface area contributed by atoms with Crippen LogP contribution in [0.25, 0.3) is 10.9 Å². The highest BCUT2D eigenvalue weighted by Crippen LogP contribution is 2.30. The van der Waals surface area contributed by atoms with Gasteiger partial charge in [0.25, 0.3) is 0 Å². The quantitative estimate of drug-likeness (QED) is 0.466. The monoisotopic (exact) mass is 406 g/mol. The van der Waals surface area contributed by atoms with E-state index < -0.39 is 6.23 Å². The zero-order chi connectivity index (χ0) is 21.3. The van der Waals surface area contributed by atoms with Gasteiger partial charge in [-0.2, -0.15) is 5.10 Å². The van der Waals surface area contributed by atoms with E-state index in [1.807, 2.05) is 38.1 Å². The molecule has 30 heavy (non-hydrogen) atoms. The summed E-state index contributed by atoms with van der Waals surface area (Å²) in [5.74, 6) is 0.156. The highest BCUT2D eigenvalue weighted by molar-refractivity contribution is 5.83. The largest absolute Gasteiger partial charge is 0.481 e. The molecule has 4 rings (SSSR count). The van der Waals surface area contributed by atoms with Crippen molar-refractivity contribution in [1.82, 2.24) is 14.8 Å². The first-order valence-corrected chi connectivity index (χ1v) is 9.63. The summed E-state index contributed by atoms with van der Waals surface area (Å²) < 4.78 is 21.1. The van der Waals surface area contributed by atoms with Crippen LogP contribution in [0.4, 0.5) is 10.1 Å². The molecule has 0 saturated carbocycles. The molecule has 0 amide bonds. The van der Waals surface area contributed by atoms with Gasteiger partial charge in [0.2, 0.25) is 5.88 Å². The van der Waals surface area contributed by atoms with E-state index in [1.54, 1.807) is 36.1 Å². The topological polar surface area (TPSA) is 72.2 Å². The Bertz CT molecular complexity index is 1210. The number of nitrogens with one attached hydrogen (secondary N) is 1. The lowest BCUT2D eigenvalue weighted by Gasteiger charge is -2.18. The van der Waals surface area contributed by atoms with Crippen LogP contribution < -0.4 is 10.1 Å². The molecule has 0 aliphatic heterocycles. The number of rotatable bonds is 6. The first-order chi connectivity index (χ1) is 14.5. The van der Waals surface area contributed by atoms with E-state index in [1.165, 1.54) is 6.07 Å². The van der Waals surface area contributed by atoms with Crippen molar-refractivity contribution >= 4 is 16.6 Å². The molecule has 2 aromatic heterocycles. The fraction of sp³-hybridized carbons (Fsp3) is 0.217. The molecular weight excluding hydrogens is 383 g/mol. The first kappa shape index (κ1) is 19.8. The second-order valence-corrected chi connectivity index (χ2v) is 7.11. The second-order valence-electron chi connectivity index (χ2n) is 7.11. The van der Waals surface area contributed by atoms with E-state index in [-0.39, 0.29) is 5.82 Å². The van der Waals surface area contributed by atoms with Crippen molar-refractivity contribution < 1.29 is 14.2 Å². The first-order valence-electron chi connectivity index (χ1n) is 9.63. The standard InChI is InChI=1S/C23H23FN4O2/c1-14-22(15(2)28(27-14)13-16-8-4-6-10-19(16)24)26-23(29)18-12-21(30-3)25-20-11-7-5-9-17(18)20/h4-12,23,26,29H,13H2,1-3H3. The molecule has 0 aliphatic rings. The zero-order valence-electron chi connectivity index (χ0n) is 17.1. The molecule has 2 heterocycles. The number of fused-ring (bicyclic) bond motifs is 1. The smallest absolute Gasteiger partial charge is 0.213 e. The van der Waals surface area contributed by atoms with E-state index >= 15 is 0 Å². The third kappa shape index (κ3) is 3.71. The molecule has 154 valence electrons. The van der Waals surface area contributed by atoms with Crippen LogP contribution in [-0.4, -0.2) is 27.0 Å². The molecule has 1 unspecified atom stereocenters. The summed E-state index contributed by atoms with van der Waals surface area (Å²) in [5.41, 5.74) is 4.17. The van der Waals surface area contributed by atoms with Gasteiger partial charge in [0.1, 0.15) is 5.82 Å². The summed E-state index contributed by atoms with van der Waals surface area (Å²) in [7, 11) is 1.54. The molecule has 0 bridgehead atoms. The number of ether oxygens (including phenoxy) is 1. The van der Waals surface area contributed by atoms with Crippen LogP contribution in [0.3, 0.4) is 0 Å². The molecule has 2 aromatic carbocycles. The third-order valence-corrected chi connectivity index (χ3v) is 5.17. The number of halogens is 1. The molecule has 0 saturated heterocycles. The van der Waals surface area contributed by atoms with Gasteiger partial charge in [-0.15, -0.1) is 0 Å². The maximum absolute atomic E-state index is 14.1. The lowest BCUT2D eigenvalue weighted by molar-refractivity contribution is 0.209. The van der Waals surface area contributed by atoms with Gasteiger partial charge in [-0.05, 0) is 26.0 Å². The minimum Gasteiger partial charge on any atom is -0.481 e. The van der Waals surface area contributed by atoms with Gasteiger partial charge < -0.3 is 15.2 Å². The Kier molecular flexibility index (Phi) is 5.37. The van der Waals surface area contributed by atoms with E-state index in [0.717, 1.165) is 16.6 Å².